The van der Waals surface area contributed by atoms with E-state index in [1.807, 2.05) is 24.3 Å². The van der Waals surface area contributed by atoms with Gasteiger partial charge in [0.2, 0.25) is 0 Å². The van der Waals surface area contributed by atoms with Crippen LogP contribution in [-0.4, -0.2) is 14.2 Å². The molecule has 0 amide bonds. The third kappa shape index (κ3) is 3.84. The number of hydrogen-bond acceptors (Lipinski definition) is 2. The highest BCUT2D eigenvalue weighted by atomic mass is 79.9. The van der Waals surface area contributed by atoms with Gasteiger partial charge in [-0.1, -0.05) is 47.8 Å². The van der Waals surface area contributed by atoms with E-state index in [1.54, 1.807) is 14.2 Å². The Morgan fingerprint density at radius 3 is 2.10 bits per heavy atom. The molecule has 0 N–H and O–H groups in total. The molecule has 0 saturated heterocycles. The van der Waals surface area contributed by atoms with Crippen LogP contribution in [0.25, 0.3) is 0 Å². The van der Waals surface area contributed by atoms with E-state index in [4.69, 9.17) is 9.47 Å². The maximum Gasteiger partial charge on any atom is 0.133 e. The Bertz CT molecular complexity index is 658. The molecule has 0 radical (unpaired) electrons. The maximum atomic E-state index is 5.50. The van der Waals surface area contributed by atoms with Crippen molar-refractivity contribution in [3.8, 4) is 11.5 Å². The zero-order valence-electron chi connectivity index (χ0n) is 11.3. The van der Waals surface area contributed by atoms with Crippen LogP contribution in [0, 0.1) is 0 Å². The van der Waals surface area contributed by atoms with Crippen LogP contribution >= 0.6 is 63.7 Å². The summed E-state index contributed by atoms with van der Waals surface area (Å²) < 4.78 is 13.8. The minimum Gasteiger partial charge on any atom is -0.496 e. The number of halogens is 4. The summed E-state index contributed by atoms with van der Waals surface area (Å²) in [4.78, 5) is -0.0266. The van der Waals surface area contributed by atoms with E-state index >= 15 is 0 Å². The van der Waals surface area contributed by atoms with Gasteiger partial charge in [-0.25, -0.2) is 0 Å². The molecule has 1 atom stereocenters. The average Bonchev–Trinajstić information content (AvgIpc) is 2.48. The highest BCUT2D eigenvalue weighted by molar-refractivity contribution is 9.11. The number of alkyl halides is 1. The molecule has 0 heterocycles. The van der Waals surface area contributed by atoms with Crippen molar-refractivity contribution in [3.05, 3.63) is 54.9 Å². The first-order valence-corrected chi connectivity index (χ1v) is 9.27. The molecule has 0 aromatic heterocycles. The molecular weight excluding hydrogens is 532 g/mol. The molecule has 2 nitrogen and oxygen atoms in total. The zero-order valence-corrected chi connectivity index (χ0v) is 17.6. The largest absolute Gasteiger partial charge is 0.496 e. The molecule has 21 heavy (non-hydrogen) atoms. The fraction of sp³-hybridized carbons (Fsp3) is 0.200. The second-order valence-corrected chi connectivity index (χ2v) is 7.80. The van der Waals surface area contributed by atoms with Crippen molar-refractivity contribution >= 4 is 63.7 Å². The number of rotatable bonds is 4. The van der Waals surface area contributed by atoms with Gasteiger partial charge in [-0.05, 0) is 51.8 Å². The molecule has 2 aromatic rings. The molecule has 2 aromatic carbocycles. The van der Waals surface area contributed by atoms with Crippen molar-refractivity contribution in [1.82, 2.24) is 0 Å². The first-order valence-electron chi connectivity index (χ1n) is 5.98. The van der Waals surface area contributed by atoms with Crippen LogP contribution in [0.1, 0.15) is 16.0 Å². The van der Waals surface area contributed by atoms with Crippen LogP contribution in [0.4, 0.5) is 0 Å². The molecule has 6 heteroatoms. The van der Waals surface area contributed by atoms with Gasteiger partial charge in [0, 0.05) is 14.5 Å². The molecule has 112 valence electrons. The first kappa shape index (κ1) is 17.3. The van der Waals surface area contributed by atoms with Crippen molar-refractivity contribution < 1.29 is 9.47 Å². The van der Waals surface area contributed by atoms with Crippen LogP contribution in [0.15, 0.2) is 43.7 Å². The van der Waals surface area contributed by atoms with E-state index < -0.39 is 0 Å². The molecule has 0 aliphatic rings. The number of benzene rings is 2. The number of methoxy groups -OCH3 is 2. The van der Waals surface area contributed by atoms with Crippen LogP contribution in [0.5, 0.6) is 11.5 Å². The molecule has 0 fully saturated rings. The van der Waals surface area contributed by atoms with Gasteiger partial charge in [-0.3, -0.25) is 0 Å². The third-order valence-electron chi connectivity index (χ3n) is 3.01. The Hall–Kier alpha value is -0.0400. The van der Waals surface area contributed by atoms with Crippen LogP contribution < -0.4 is 9.47 Å². The molecule has 0 saturated carbocycles. The van der Waals surface area contributed by atoms with Crippen molar-refractivity contribution in [3.63, 3.8) is 0 Å². The maximum absolute atomic E-state index is 5.50. The Kier molecular flexibility index (Phi) is 6.17. The summed E-state index contributed by atoms with van der Waals surface area (Å²) in [6, 6.07) is 9.95. The summed E-state index contributed by atoms with van der Waals surface area (Å²) in [5.41, 5.74) is 2.10. The van der Waals surface area contributed by atoms with Gasteiger partial charge < -0.3 is 9.47 Å². The fourth-order valence-corrected chi connectivity index (χ4v) is 4.34. The Morgan fingerprint density at radius 1 is 0.810 bits per heavy atom. The van der Waals surface area contributed by atoms with Gasteiger partial charge in [-0.15, -0.1) is 0 Å². The lowest BCUT2D eigenvalue weighted by Crippen LogP contribution is -2.00. The van der Waals surface area contributed by atoms with Gasteiger partial charge in [0.15, 0.2) is 0 Å². The molecule has 1 unspecified atom stereocenters. The molecule has 0 bridgehead atoms. The summed E-state index contributed by atoms with van der Waals surface area (Å²) in [6.45, 7) is 0. The quantitative estimate of drug-likeness (QED) is 0.411. The first-order chi connectivity index (χ1) is 9.97. The molecular formula is C15H12Br4O2. The molecule has 0 spiro atoms. The lowest BCUT2D eigenvalue weighted by atomic mass is 10.0. The monoisotopic (exact) mass is 540 g/mol. The van der Waals surface area contributed by atoms with Crippen molar-refractivity contribution in [2.75, 3.05) is 14.2 Å². The van der Waals surface area contributed by atoms with E-state index in [9.17, 15) is 0 Å². The second-order valence-electron chi connectivity index (χ2n) is 4.26. The smallest absolute Gasteiger partial charge is 0.133 e. The summed E-state index contributed by atoms with van der Waals surface area (Å²) >= 11 is 14.3. The Balaban J connectivity index is 2.56. The minimum atomic E-state index is -0.0266. The van der Waals surface area contributed by atoms with Crippen molar-refractivity contribution in [2.45, 2.75) is 4.83 Å². The summed E-state index contributed by atoms with van der Waals surface area (Å²) in [7, 11) is 3.31. The van der Waals surface area contributed by atoms with Crippen LogP contribution in [0.2, 0.25) is 0 Å². The minimum absolute atomic E-state index is 0.0266. The van der Waals surface area contributed by atoms with E-state index in [0.717, 1.165) is 36.0 Å². The third-order valence-corrected chi connectivity index (χ3v) is 5.83. The topological polar surface area (TPSA) is 18.5 Å². The molecule has 0 aliphatic heterocycles. The SMILES string of the molecule is COc1cc(C(Br)c2cc(Br)ccc2Br)c(OC)cc1Br. The van der Waals surface area contributed by atoms with Gasteiger partial charge in [0.1, 0.15) is 11.5 Å². The fourth-order valence-electron chi connectivity index (χ4n) is 1.96. The molecule has 0 aliphatic carbocycles. The van der Waals surface area contributed by atoms with E-state index in [-0.39, 0.29) is 4.83 Å². The van der Waals surface area contributed by atoms with Crippen LogP contribution in [0.3, 0.4) is 0 Å². The predicted molar refractivity (Wildman–Crippen MR) is 99.9 cm³/mol. The van der Waals surface area contributed by atoms with Gasteiger partial charge >= 0.3 is 0 Å². The zero-order chi connectivity index (χ0) is 15.6. The summed E-state index contributed by atoms with van der Waals surface area (Å²) in [5, 5.41) is 0. The highest BCUT2D eigenvalue weighted by Crippen LogP contribution is 2.44. The van der Waals surface area contributed by atoms with E-state index in [1.165, 1.54) is 0 Å². The predicted octanol–water partition coefficient (Wildman–Crippen LogP) is 6.48. The second kappa shape index (κ2) is 7.49. The van der Waals surface area contributed by atoms with Crippen LogP contribution in [-0.2, 0) is 0 Å². The normalized spacial score (nSPS) is 12.1. The van der Waals surface area contributed by atoms with E-state index in [0.29, 0.717) is 0 Å². The lowest BCUT2D eigenvalue weighted by molar-refractivity contribution is 0.397. The Morgan fingerprint density at radius 2 is 1.48 bits per heavy atom. The number of ether oxygens (including phenoxy) is 2. The van der Waals surface area contributed by atoms with Gasteiger partial charge in [-0.2, -0.15) is 0 Å². The molecule has 2 rings (SSSR count). The summed E-state index contributed by atoms with van der Waals surface area (Å²) in [6.07, 6.45) is 0. The lowest BCUT2D eigenvalue weighted by Gasteiger charge is -2.18. The highest BCUT2D eigenvalue weighted by Gasteiger charge is 2.20. The Labute approximate surface area is 157 Å². The standard InChI is InChI=1S/C15H12Br4O2/c1-20-13-7-12(18)14(21-2)6-10(13)15(19)9-5-8(16)3-4-11(9)17/h3-7,15H,1-2H3. The summed E-state index contributed by atoms with van der Waals surface area (Å²) in [5.74, 6) is 1.55. The van der Waals surface area contributed by atoms with E-state index in [2.05, 4.69) is 69.8 Å². The van der Waals surface area contributed by atoms with Gasteiger partial charge in [0.25, 0.3) is 0 Å². The van der Waals surface area contributed by atoms with Gasteiger partial charge in [0.05, 0.1) is 23.5 Å². The average molecular weight is 544 g/mol. The van der Waals surface area contributed by atoms with Crippen molar-refractivity contribution in [1.29, 1.82) is 0 Å². The van der Waals surface area contributed by atoms with Crippen molar-refractivity contribution in [2.24, 2.45) is 0 Å². The number of hydrogen-bond donors (Lipinski definition) is 0.